The van der Waals surface area contributed by atoms with Crippen LogP contribution in [0.1, 0.15) is 53.7 Å². The van der Waals surface area contributed by atoms with Gasteiger partial charge in [-0.1, -0.05) is 115 Å². The fourth-order valence-corrected chi connectivity index (χ4v) is 6.84. The van der Waals surface area contributed by atoms with E-state index in [2.05, 4.69) is 4.90 Å². The second-order valence-electron chi connectivity index (χ2n) is 10.4. The maximum atomic E-state index is 14.5. The molecular formula is C34H25NO3. The molecule has 0 saturated carbocycles. The summed E-state index contributed by atoms with van der Waals surface area (Å²) in [6, 6.07) is 30.8. The van der Waals surface area contributed by atoms with Gasteiger partial charge in [0.15, 0.2) is 17.3 Å². The van der Waals surface area contributed by atoms with Crippen molar-refractivity contribution in [3.8, 4) is 0 Å². The molecule has 184 valence electrons. The highest BCUT2D eigenvalue weighted by atomic mass is 16.2. The van der Waals surface area contributed by atoms with Crippen molar-refractivity contribution in [1.82, 2.24) is 0 Å². The van der Waals surface area contributed by atoms with Crippen LogP contribution in [0.4, 0.5) is 5.69 Å². The second kappa shape index (κ2) is 8.22. The number of carbonyl (C=O) groups excluding carboxylic acids is 3. The molecule has 3 atom stereocenters. The molecule has 0 unspecified atom stereocenters. The van der Waals surface area contributed by atoms with E-state index >= 15 is 0 Å². The minimum Gasteiger partial charge on any atom is -0.352 e. The molecule has 4 aromatic carbocycles. The lowest BCUT2D eigenvalue weighted by molar-refractivity contribution is 0.0666. The van der Waals surface area contributed by atoms with Crippen LogP contribution in [0.3, 0.4) is 0 Å². The summed E-state index contributed by atoms with van der Waals surface area (Å²) < 4.78 is 0. The molecule has 2 aliphatic heterocycles. The maximum Gasteiger partial charge on any atom is 0.185 e. The van der Waals surface area contributed by atoms with Crippen LogP contribution in [-0.4, -0.2) is 29.4 Å². The van der Waals surface area contributed by atoms with Gasteiger partial charge in [0.1, 0.15) is 11.5 Å². The summed E-state index contributed by atoms with van der Waals surface area (Å²) in [6.07, 6.45) is 3.95. The topological polar surface area (TPSA) is 54.5 Å². The number of carbonyl (C=O) groups is 3. The molecule has 2 heterocycles. The molecule has 1 fully saturated rings. The van der Waals surface area contributed by atoms with Crippen LogP contribution in [0.5, 0.6) is 0 Å². The maximum absolute atomic E-state index is 14.5. The highest BCUT2D eigenvalue weighted by Crippen LogP contribution is 2.60. The average Bonchev–Trinajstić information content (AvgIpc) is 3.40. The standard InChI is InChI=1S/C34H25NO3/c1-21-15-17-24(18-16-21)31(36)30-29(23-10-3-2-4-11-23)34(32(37)25-12-6-7-13-26(25)33(34)38)28-20-19-22-9-5-8-14-27(22)35(28)30/h2-20,28-30H,1H3/t28-,29+,30+/m1/s1. The van der Waals surface area contributed by atoms with Crippen molar-refractivity contribution in [2.45, 2.75) is 24.9 Å². The summed E-state index contributed by atoms with van der Waals surface area (Å²) in [7, 11) is 0. The van der Waals surface area contributed by atoms with Crippen LogP contribution >= 0.6 is 0 Å². The van der Waals surface area contributed by atoms with Crippen molar-refractivity contribution in [3.63, 3.8) is 0 Å². The van der Waals surface area contributed by atoms with Crippen molar-refractivity contribution in [1.29, 1.82) is 0 Å². The van der Waals surface area contributed by atoms with Gasteiger partial charge in [0, 0.05) is 28.3 Å². The number of hydrogen-bond acceptors (Lipinski definition) is 4. The Hall–Kier alpha value is -4.57. The first-order valence-electron chi connectivity index (χ1n) is 12.9. The first-order valence-corrected chi connectivity index (χ1v) is 12.9. The fourth-order valence-electron chi connectivity index (χ4n) is 6.84. The van der Waals surface area contributed by atoms with Gasteiger partial charge in [-0.15, -0.1) is 0 Å². The summed E-state index contributed by atoms with van der Waals surface area (Å²) in [5.74, 6) is -1.18. The zero-order valence-corrected chi connectivity index (χ0v) is 20.9. The SMILES string of the molecule is Cc1ccc(C(=O)[C@@H]2[C@H](c3ccccc3)C3(C(=O)c4ccccc4C3=O)[C@H]3C=Cc4ccccc4N23)cc1. The molecule has 1 spiro atoms. The Morgan fingerprint density at radius 3 is 2.03 bits per heavy atom. The highest BCUT2D eigenvalue weighted by Gasteiger charge is 2.71. The van der Waals surface area contributed by atoms with Gasteiger partial charge >= 0.3 is 0 Å². The van der Waals surface area contributed by atoms with Gasteiger partial charge in [-0.2, -0.15) is 0 Å². The summed E-state index contributed by atoms with van der Waals surface area (Å²) in [4.78, 5) is 45.7. The third-order valence-electron chi connectivity index (χ3n) is 8.48. The molecule has 7 rings (SSSR count). The summed E-state index contributed by atoms with van der Waals surface area (Å²) in [5.41, 5.74) is 3.69. The number of aryl methyl sites for hydroxylation is 1. The first-order chi connectivity index (χ1) is 18.5. The van der Waals surface area contributed by atoms with Crippen LogP contribution in [0, 0.1) is 12.3 Å². The Morgan fingerprint density at radius 2 is 1.34 bits per heavy atom. The van der Waals surface area contributed by atoms with E-state index in [1.807, 2.05) is 97.9 Å². The number of hydrogen-bond donors (Lipinski definition) is 0. The summed E-state index contributed by atoms with van der Waals surface area (Å²) in [6.45, 7) is 1.99. The van der Waals surface area contributed by atoms with Crippen LogP contribution in [0.25, 0.3) is 6.08 Å². The average molecular weight is 496 g/mol. The van der Waals surface area contributed by atoms with Crippen molar-refractivity contribution in [2.24, 2.45) is 5.41 Å². The first kappa shape index (κ1) is 22.6. The third kappa shape index (κ3) is 2.89. The minimum atomic E-state index is -1.46. The smallest absolute Gasteiger partial charge is 0.185 e. The predicted octanol–water partition coefficient (Wildman–Crippen LogP) is 6.31. The number of nitrogens with zero attached hydrogens (tertiary/aromatic N) is 1. The second-order valence-corrected chi connectivity index (χ2v) is 10.4. The zero-order chi connectivity index (χ0) is 26.0. The van der Waals surface area contributed by atoms with Crippen molar-refractivity contribution >= 4 is 29.1 Å². The largest absolute Gasteiger partial charge is 0.352 e. The van der Waals surface area contributed by atoms with E-state index in [0.29, 0.717) is 16.7 Å². The molecule has 0 aromatic heterocycles. The molecule has 0 bridgehead atoms. The van der Waals surface area contributed by atoms with Gasteiger partial charge in [0.2, 0.25) is 0 Å². The van der Waals surface area contributed by atoms with E-state index in [1.54, 1.807) is 24.3 Å². The Morgan fingerprint density at radius 1 is 0.737 bits per heavy atom. The number of fused-ring (bicyclic) bond motifs is 5. The van der Waals surface area contributed by atoms with E-state index in [0.717, 1.165) is 22.4 Å². The number of benzene rings is 4. The van der Waals surface area contributed by atoms with E-state index in [-0.39, 0.29) is 17.3 Å². The molecule has 0 radical (unpaired) electrons. The molecule has 38 heavy (non-hydrogen) atoms. The van der Waals surface area contributed by atoms with Crippen LogP contribution in [0.15, 0.2) is 109 Å². The Labute approximate surface area is 221 Å². The number of anilines is 1. The number of ketones is 3. The van der Waals surface area contributed by atoms with E-state index in [1.165, 1.54) is 0 Å². The molecule has 1 aliphatic carbocycles. The molecule has 4 aromatic rings. The fraction of sp³-hybridized carbons (Fsp3) is 0.147. The van der Waals surface area contributed by atoms with Gasteiger partial charge in [-0.25, -0.2) is 0 Å². The van der Waals surface area contributed by atoms with E-state index in [9.17, 15) is 14.4 Å². The highest BCUT2D eigenvalue weighted by molar-refractivity contribution is 6.32. The number of Topliss-reactive ketones (excluding diaryl/α,β-unsaturated/α-hetero) is 3. The van der Waals surface area contributed by atoms with Crippen molar-refractivity contribution in [3.05, 3.63) is 143 Å². The Balaban J connectivity index is 1.54. The minimum absolute atomic E-state index is 0.0950. The van der Waals surface area contributed by atoms with Crippen LogP contribution < -0.4 is 4.90 Å². The summed E-state index contributed by atoms with van der Waals surface area (Å²) >= 11 is 0. The van der Waals surface area contributed by atoms with Crippen molar-refractivity contribution < 1.29 is 14.4 Å². The normalized spacial score (nSPS) is 22.3. The van der Waals surface area contributed by atoms with Crippen molar-refractivity contribution in [2.75, 3.05) is 4.90 Å². The molecule has 3 aliphatic rings. The quantitative estimate of drug-likeness (QED) is 0.247. The number of para-hydroxylation sites is 1. The van der Waals surface area contributed by atoms with E-state index in [4.69, 9.17) is 0 Å². The summed E-state index contributed by atoms with van der Waals surface area (Å²) in [5, 5.41) is 0. The molecular weight excluding hydrogens is 470 g/mol. The van der Waals surface area contributed by atoms with Gasteiger partial charge in [-0.05, 0) is 24.1 Å². The number of rotatable bonds is 3. The Kier molecular flexibility index (Phi) is 4.89. The van der Waals surface area contributed by atoms with Gasteiger partial charge in [-0.3, -0.25) is 14.4 Å². The molecule has 1 saturated heterocycles. The van der Waals surface area contributed by atoms with Crippen LogP contribution in [-0.2, 0) is 0 Å². The predicted molar refractivity (Wildman–Crippen MR) is 148 cm³/mol. The lowest BCUT2D eigenvalue weighted by Crippen LogP contribution is -2.48. The lowest BCUT2D eigenvalue weighted by atomic mass is 9.64. The van der Waals surface area contributed by atoms with Gasteiger partial charge < -0.3 is 4.90 Å². The molecule has 4 heteroatoms. The monoisotopic (exact) mass is 495 g/mol. The van der Waals surface area contributed by atoms with Gasteiger partial charge in [0.05, 0.1) is 6.04 Å². The molecule has 0 N–H and O–H groups in total. The van der Waals surface area contributed by atoms with Gasteiger partial charge in [0.25, 0.3) is 0 Å². The molecule has 4 nitrogen and oxygen atoms in total. The third-order valence-corrected chi connectivity index (χ3v) is 8.48. The zero-order valence-electron chi connectivity index (χ0n) is 20.9. The lowest BCUT2D eigenvalue weighted by Gasteiger charge is -2.37. The van der Waals surface area contributed by atoms with Crippen LogP contribution in [0.2, 0.25) is 0 Å². The molecule has 0 amide bonds. The van der Waals surface area contributed by atoms with E-state index < -0.39 is 23.4 Å². The Bertz CT molecular complexity index is 1620.